The summed E-state index contributed by atoms with van der Waals surface area (Å²) in [5.41, 5.74) is 0.650. The minimum absolute atomic E-state index is 0.0784. The molecule has 0 aliphatic heterocycles. The normalized spacial score (nSPS) is 11.5. The van der Waals surface area contributed by atoms with Crippen molar-refractivity contribution in [3.63, 3.8) is 0 Å². The molecular formula is C14H13N3O5S. The van der Waals surface area contributed by atoms with Gasteiger partial charge in [-0.1, -0.05) is 6.07 Å². The Kier molecular flexibility index (Phi) is 4.60. The van der Waals surface area contributed by atoms with E-state index in [4.69, 9.17) is 5.11 Å². The van der Waals surface area contributed by atoms with Gasteiger partial charge in [0.2, 0.25) is 0 Å². The molecule has 0 bridgehead atoms. The number of rotatable bonds is 5. The van der Waals surface area contributed by atoms with Crippen LogP contribution < -0.4 is 4.83 Å². The Hall–Kier alpha value is -2.94. The van der Waals surface area contributed by atoms with Crippen LogP contribution in [0.3, 0.4) is 0 Å². The molecule has 0 fully saturated rings. The lowest BCUT2D eigenvalue weighted by Crippen LogP contribution is -2.18. The molecule has 0 spiro atoms. The molecule has 9 heteroatoms. The van der Waals surface area contributed by atoms with Crippen molar-refractivity contribution in [3.8, 4) is 5.75 Å². The second kappa shape index (κ2) is 6.44. The average molecular weight is 335 g/mol. The predicted octanol–water partition coefficient (Wildman–Crippen LogP) is 1.92. The molecule has 23 heavy (non-hydrogen) atoms. The fraction of sp³-hybridized carbons (Fsp3) is 0.0714. The summed E-state index contributed by atoms with van der Waals surface area (Å²) in [4.78, 5) is 12.0. The Morgan fingerprint density at radius 2 is 1.87 bits per heavy atom. The quantitative estimate of drug-likeness (QED) is 0.491. The molecule has 0 radical (unpaired) electrons. The van der Waals surface area contributed by atoms with E-state index in [0.29, 0.717) is 11.1 Å². The number of aryl methyl sites for hydroxylation is 1. The number of aromatic hydroxyl groups is 1. The number of hydrogen-bond acceptors (Lipinski definition) is 6. The van der Waals surface area contributed by atoms with Gasteiger partial charge in [-0.05, 0) is 42.8 Å². The predicted molar refractivity (Wildman–Crippen MR) is 83.9 cm³/mol. The molecule has 8 nitrogen and oxygen atoms in total. The Balaban J connectivity index is 2.20. The minimum Gasteiger partial charge on any atom is -0.508 e. The Bertz CT molecular complexity index is 860. The van der Waals surface area contributed by atoms with Gasteiger partial charge in [0.15, 0.2) is 0 Å². The van der Waals surface area contributed by atoms with Crippen molar-refractivity contribution in [1.82, 2.24) is 4.83 Å². The van der Waals surface area contributed by atoms with Crippen LogP contribution in [0.25, 0.3) is 0 Å². The van der Waals surface area contributed by atoms with Gasteiger partial charge in [-0.2, -0.15) is 13.5 Å². The summed E-state index contributed by atoms with van der Waals surface area (Å²) < 4.78 is 24.2. The van der Waals surface area contributed by atoms with Crippen LogP contribution in [-0.4, -0.2) is 24.7 Å². The third-order valence-corrected chi connectivity index (χ3v) is 4.19. The van der Waals surface area contributed by atoms with Crippen LogP contribution in [0.1, 0.15) is 11.1 Å². The van der Waals surface area contributed by atoms with Crippen LogP contribution >= 0.6 is 0 Å². The van der Waals surface area contributed by atoms with E-state index in [1.54, 1.807) is 12.1 Å². The summed E-state index contributed by atoms with van der Waals surface area (Å²) in [6.07, 6.45) is 1.25. The molecule has 0 amide bonds. The van der Waals surface area contributed by atoms with Crippen molar-refractivity contribution in [2.24, 2.45) is 5.10 Å². The first kappa shape index (κ1) is 16.4. The maximum absolute atomic E-state index is 12.1. The molecule has 0 atom stereocenters. The van der Waals surface area contributed by atoms with Crippen LogP contribution in [0.15, 0.2) is 52.5 Å². The zero-order chi connectivity index (χ0) is 17.0. The van der Waals surface area contributed by atoms with E-state index in [-0.39, 0.29) is 16.3 Å². The molecule has 2 N–H and O–H groups in total. The number of nitrogens with one attached hydrogen (secondary N) is 1. The lowest BCUT2D eigenvalue weighted by molar-refractivity contribution is -0.385. The molecule has 120 valence electrons. The molecule has 0 aromatic heterocycles. The number of phenols is 1. The molecule has 0 heterocycles. The van der Waals surface area contributed by atoms with Crippen LogP contribution in [0.4, 0.5) is 5.69 Å². The number of sulfonamides is 1. The van der Waals surface area contributed by atoms with Crippen molar-refractivity contribution < 1.29 is 18.4 Å². The highest BCUT2D eigenvalue weighted by Crippen LogP contribution is 2.22. The number of hydrazone groups is 1. The van der Waals surface area contributed by atoms with Crippen molar-refractivity contribution in [2.45, 2.75) is 11.8 Å². The van der Waals surface area contributed by atoms with Gasteiger partial charge in [-0.25, -0.2) is 4.83 Å². The van der Waals surface area contributed by atoms with Crippen LogP contribution in [-0.2, 0) is 10.0 Å². The zero-order valence-corrected chi connectivity index (χ0v) is 12.8. The highest BCUT2D eigenvalue weighted by Gasteiger charge is 2.19. The number of hydrogen-bond donors (Lipinski definition) is 2. The molecule has 0 aliphatic rings. The van der Waals surface area contributed by atoms with Crippen LogP contribution in [0.2, 0.25) is 0 Å². The number of benzene rings is 2. The standard InChI is InChI=1S/C14H13N3O5S/c1-10-2-7-13(8-14(10)17(19)20)23(21,22)16-15-9-11-3-5-12(18)6-4-11/h2-9,16,18H,1H3/b15-9+. The van der Waals surface area contributed by atoms with Gasteiger partial charge in [0.1, 0.15) is 5.75 Å². The van der Waals surface area contributed by atoms with Gasteiger partial charge >= 0.3 is 0 Å². The highest BCUT2D eigenvalue weighted by atomic mass is 32.2. The monoisotopic (exact) mass is 335 g/mol. The van der Waals surface area contributed by atoms with Crippen molar-refractivity contribution in [3.05, 3.63) is 63.7 Å². The van der Waals surface area contributed by atoms with E-state index in [0.717, 1.165) is 6.07 Å². The largest absolute Gasteiger partial charge is 0.508 e. The Morgan fingerprint density at radius 3 is 2.48 bits per heavy atom. The van der Waals surface area contributed by atoms with Gasteiger partial charge in [-0.15, -0.1) is 0 Å². The van der Waals surface area contributed by atoms with Gasteiger partial charge < -0.3 is 5.11 Å². The number of nitro groups is 1. The molecule has 2 aromatic rings. The third kappa shape index (κ3) is 4.04. The van der Waals surface area contributed by atoms with Crippen molar-refractivity contribution in [1.29, 1.82) is 0 Å². The minimum atomic E-state index is -4.01. The van der Waals surface area contributed by atoms with Crippen LogP contribution in [0.5, 0.6) is 5.75 Å². The van der Waals surface area contributed by atoms with Crippen molar-refractivity contribution >= 4 is 21.9 Å². The molecule has 0 saturated heterocycles. The number of nitrogens with zero attached hydrogens (tertiary/aromatic N) is 2. The summed E-state index contributed by atoms with van der Waals surface area (Å²) in [6.45, 7) is 1.52. The van der Waals surface area contributed by atoms with Gasteiger partial charge in [-0.3, -0.25) is 10.1 Å². The molecule has 0 aliphatic carbocycles. The first-order valence-corrected chi connectivity index (χ1v) is 7.87. The zero-order valence-electron chi connectivity index (χ0n) is 12.0. The second-order valence-electron chi connectivity index (χ2n) is 4.65. The fourth-order valence-electron chi connectivity index (χ4n) is 1.74. The molecule has 0 unspecified atom stereocenters. The number of nitro benzene ring substituents is 1. The average Bonchev–Trinajstić information content (AvgIpc) is 2.49. The Labute approximate surface area is 132 Å². The van der Waals surface area contributed by atoms with Gasteiger partial charge in [0, 0.05) is 11.6 Å². The number of phenolic OH excluding ortho intramolecular Hbond substituents is 1. The van der Waals surface area contributed by atoms with Crippen molar-refractivity contribution in [2.75, 3.05) is 0 Å². The van der Waals surface area contributed by atoms with E-state index in [2.05, 4.69) is 5.10 Å². The maximum Gasteiger partial charge on any atom is 0.276 e. The fourth-order valence-corrected chi connectivity index (χ4v) is 2.55. The first-order chi connectivity index (χ1) is 10.8. The SMILES string of the molecule is Cc1ccc(S(=O)(=O)N/N=C/c2ccc(O)cc2)cc1[N+](=O)[O-]. The molecule has 0 saturated carbocycles. The summed E-state index contributed by atoms with van der Waals surface area (Å²) >= 11 is 0. The topological polar surface area (TPSA) is 122 Å². The van der Waals surface area contributed by atoms with E-state index >= 15 is 0 Å². The lowest BCUT2D eigenvalue weighted by atomic mass is 10.2. The smallest absolute Gasteiger partial charge is 0.276 e. The van der Waals surface area contributed by atoms with E-state index in [1.807, 2.05) is 4.83 Å². The highest BCUT2D eigenvalue weighted by molar-refractivity contribution is 7.89. The molecule has 2 rings (SSSR count). The second-order valence-corrected chi connectivity index (χ2v) is 6.31. The summed E-state index contributed by atoms with van der Waals surface area (Å²) in [5.74, 6) is 0.0784. The summed E-state index contributed by atoms with van der Waals surface area (Å²) in [6, 6.07) is 9.55. The van der Waals surface area contributed by atoms with Crippen LogP contribution in [0, 0.1) is 17.0 Å². The maximum atomic E-state index is 12.1. The first-order valence-electron chi connectivity index (χ1n) is 6.38. The summed E-state index contributed by atoms with van der Waals surface area (Å²) in [5, 5.41) is 23.6. The lowest BCUT2D eigenvalue weighted by Gasteiger charge is -2.04. The van der Waals surface area contributed by atoms with E-state index in [1.165, 1.54) is 37.4 Å². The third-order valence-electron chi connectivity index (χ3n) is 2.97. The van der Waals surface area contributed by atoms with E-state index < -0.39 is 14.9 Å². The van der Waals surface area contributed by atoms with E-state index in [9.17, 15) is 18.5 Å². The molecular weight excluding hydrogens is 322 g/mol. The summed E-state index contributed by atoms with van der Waals surface area (Å²) in [7, 11) is -4.01. The van der Waals surface area contributed by atoms with Gasteiger partial charge in [0.05, 0.1) is 16.0 Å². The Morgan fingerprint density at radius 1 is 1.22 bits per heavy atom. The van der Waals surface area contributed by atoms with Gasteiger partial charge in [0.25, 0.3) is 15.7 Å². The molecule has 2 aromatic carbocycles.